The minimum Gasteiger partial charge on any atom is -0.756 e. The largest absolute Gasteiger partial charge is 0.756 e. The summed E-state index contributed by atoms with van der Waals surface area (Å²) in [6.07, 6.45) is -4.79. The van der Waals surface area contributed by atoms with Crippen LogP contribution in [0.25, 0.3) is 16.4 Å². The van der Waals surface area contributed by atoms with Crippen LogP contribution in [-0.4, -0.2) is 133 Å². The first-order valence-corrected chi connectivity index (χ1v) is 32.3. The Labute approximate surface area is 555 Å². The van der Waals surface area contributed by atoms with Gasteiger partial charge in [0.15, 0.2) is 11.6 Å². The number of amides is 7. The fraction of sp³-hybridized carbons (Fsp3) is 0.629. The predicted octanol–water partition coefficient (Wildman–Crippen LogP) is 3.45. The molecule has 0 aliphatic carbocycles. The maximum absolute atomic E-state index is 14.4. The van der Waals surface area contributed by atoms with Gasteiger partial charge in [-0.1, -0.05) is 40.7 Å². The third-order valence-electron chi connectivity index (χ3n) is 20.5. The standard InChI is InChI=1S/C62H90N13O14P.Co.HNO2/c1-29-20-39-40(21-30(29)2)75(28-70-39)57-52(84)53(41(27-76)87-57)89-90(85,86)88-31(3)26-69-49(83)18-19-59(8)37(22-46(66)80)56-62(11)61(10,25-48(68)82)36(14-17-45(65)79)51(74-62)33(5)55-60(9,24-47(67)81)34(12-15-43(63)77)38(71-55)23-42-58(6,7)35(13-16-44(64)78)50(72-42)32(4)54(59)73-56;;2-1-3/h20-21,23,28,31,34-37,41,52-53,56-57,76,84H,12-19,22,24-27H2,1-11H3,(H15,63,64,65,66,67,68,69,71,72,73,74,77,78,79,80,81,82,83,85,86);;(H,2,3)/p-2/t31-,34-,35-,36-,37+,41-,52-,53-,56-,57+,59-,60+,61+,62+;;/m1../s1. The molecule has 7 heterocycles. The number of hydrogen-bond donors (Lipinski definition) is 10. The van der Waals surface area contributed by atoms with Crippen molar-refractivity contribution in [2.45, 2.75) is 189 Å². The van der Waals surface area contributed by atoms with Crippen molar-refractivity contribution in [1.82, 2.24) is 14.9 Å². The number of carbonyl (C=O) groups excluding carboxylic acids is 7. The van der Waals surface area contributed by atoms with Gasteiger partial charge in [-0.2, -0.15) is 5.70 Å². The number of nitrogens with zero attached hydrogens (tertiary/aromatic N) is 7. The molecule has 7 amide bonds. The number of fused-ring (bicyclic) bond motifs is 7. The second-order valence-electron chi connectivity index (χ2n) is 27.1. The van der Waals surface area contributed by atoms with Gasteiger partial charge < -0.3 is 83.7 Å². The number of benzene rings is 1. The molecule has 94 heavy (non-hydrogen) atoms. The number of allylic oxidation sites excluding steroid dienone is 6. The topological polar surface area (TPSA) is 515 Å². The first-order valence-electron chi connectivity index (χ1n) is 30.9. The second-order valence-corrected chi connectivity index (χ2v) is 28.4. The van der Waals surface area contributed by atoms with E-state index in [-0.39, 0.29) is 94.0 Å². The number of ether oxygens (including phenoxy) is 1. The van der Waals surface area contributed by atoms with Crippen LogP contribution < -0.4 is 44.6 Å². The van der Waals surface area contributed by atoms with E-state index in [4.69, 9.17) is 78.6 Å². The first-order chi connectivity index (χ1) is 43.2. The number of phosphoric ester groups is 1. The number of aryl methyl sites for hydroxylation is 2. The molecule has 8 bridgehead atoms. The molecule has 0 saturated carbocycles. The normalized spacial score (nSPS) is 32.9. The van der Waals surface area contributed by atoms with Gasteiger partial charge in [-0.15, -0.1) is 4.91 Å². The molecule has 2 saturated heterocycles. The maximum Gasteiger partial charge on any atom is 0.268 e. The Balaban J connectivity index is 0.00000343. The van der Waals surface area contributed by atoms with Gasteiger partial charge in [-0.25, -0.2) is 4.98 Å². The molecule has 2 aromatic rings. The first kappa shape index (κ1) is 75.9. The van der Waals surface area contributed by atoms with Gasteiger partial charge in [0.05, 0.1) is 41.3 Å². The summed E-state index contributed by atoms with van der Waals surface area (Å²) in [7, 11) is -5.32. The summed E-state index contributed by atoms with van der Waals surface area (Å²) in [4.78, 5) is 136. The Morgan fingerprint density at radius 1 is 0.809 bits per heavy atom. The summed E-state index contributed by atoms with van der Waals surface area (Å²) in [5.74, 6) is -7.40. The molecule has 519 valence electrons. The number of aromatic nitrogens is 2. The summed E-state index contributed by atoms with van der Waals surface area (Å²) in [5.41, 5.74) is 36.7. The van der Waals surface area contributed by atoms with Crippen LogP contribution in [0.5, 0.6) is 0 Å². The van der Waals surface area contributed by atoms with E-state index in [0.29, 0.717) is 56.4 Å². The summed E-state index contributed by atoms with van der Waals surface area (Å²) in [6.45, 7) is 19.0. The third-order valence-corrected chi connectivity index (χ3v) is 21.6. The number of primary amides is 6. The molecule has 1 radical (unpaired) electrons. The fourth-order valence-electron chi connectivity index (χ4n) is 15.3. The van der Waals surface area contributed by atoms with Crippen molar-refractivity contribution in [3.63, 3.8) is 0 Å². The SMILES string of the molecule is C/C1=C2/[N-][C@H]([C@H](CC(N)=O)[C@@]2(C)CCC(=O)NC[C@@H](C)OP(=O)([O-])O[C@H]2[C@@H](O)[C@@H](n3cnc4cc(C)c(C)cc43)O[C@@H]2CO)[C@]2(C)N=C(/C(C)=C3N=C(/C=C4N=C1[C@@H](CCC(N)=O)C\4(C)C)[C@@H](CCC(N)=O)[C@]\3(C)CC(N)=O)[C@@H](CCC(N)=O)[C@]2(C)CC(N)=O.O=NO.[Co]. The second kappa shape index (κ2) is 29.1. The number of imidazole rings is 1. The van der Waals surface area contributed by atoms with Crippen LogP contribution in [-0.2, 0) is 68.7 Å². The molecule has 8 rings (SSSR count). The maximum atomic E-state index is 14.4. The van der Waals surface area contributed by atoms with E-state index >= 15 is 0 Å². The Hall–Kier alpha value is -7.09. The van der Waals surface area contributed by atoms with E-state index in [1.807, 2.05) is 80.5 Å². The number of nitrogens with one attached hydrogen (secondary N) is 1. The molecule has 1 unspecified atom stereocenters. The van der Waals surface area contributed by atoms with Crippen LogP contribution in [0.15, 0.2) is 73.1 Å². The van der Waals surface area contributed by atoms with Crippen molar-refractivity contribution in [3.8, 4) is 0 Å². The number of carbonyl (C=O) groups is 7. The molecular weight excluding hydrogens is 1290 g/mol. The van der Waals surface area contributed by atoms with Crippen molar-refractivity contribution in [3.05, 3.63) is 74.1 Å². The fourth-order valence-corrected chi connectivity index (χ4v) is 16.4. The molecule has 16 N–H and O–H groups in total. The third kappa shape index (κ3) is 15.0. The number of nitrogens with two attached hydrogens (primary N) is 6. The molecular formula is C62H89CoN14O16P-2. The quantitative estimate of drug-likeness (QED) is 0.0366. The zero-order chi connectivity index (χ0) is 69.4. The number of phosphoric acid groups is 1. The predicted molar refractivity (Wildman–Crippen MR) is 339 cm³/mol. The van der Waals surface area contributed by atoms with Crippen LogP contribution in [0.1, 0.15) is 150 Å². The molecule has 2 fully saturated rings. The average Bonchev–Trinajstić information content (AvgIpc) is 1.53. The van der Waals surface area contributed by atoms with Crippen molar-refractivity contribution in [2.75, 3.05) is 13.2 Å². The van der Waals surface area contributed by atoms with Gasteiger partial charge in [-0.3, -0.25) is 53.1 Å². The molecule has 1 aromatic carbocycles. The minimum absolute atomic E-state index is 0. The summed E-state index contributed by atoms with van der Waals surface area (Å²) < 4.78 is 31.9. The number of rotatable bonds is 26. The van der Waals surface area contributed by atoms with E-state index in [1.165, 1.54) is 23.2 Å². The zero-order valence-corrected chi connectivity index (χ0v) is 56.7. The van der Waals surface area contributed by atoms with Crippen LogP contribution >= 0.6 is 7.82 Å². The Kier molecular flexibility index (Phi) is 23.5. The molecule has 1 aromatic heterocycles. The molecule has 30 nitrogen and oxygen atoms in total. The van der Waals surface area contributed by atoms with Gasteiger partial charge in [0.2, 0.25) is 41.4 Å². The van der Waals surface area contributed by atoms with Gasteiger partial charge in [0.1, 0.15) is 18.3 Å². The number of aliphatic hydroxyl groups is 2. The molecule has 6 aliphatic rings. The van der Waals surface area contributed by atoms with Gasteiger partial charge in [-0.05, 0) is 119 Å². The van der Waals surface area contributed by atoms with Crippen LogP contribution in [0, 0.1) is 64.1 Å². The summed E-state index contributed by atoms with van der Waals surface area (Å²) in [6, 6.07) is 2.65. The van der Waals surface area contributed by atoms with Crippen LogP contribution in [0.4, 0.5) is 0 Å². The average molecular weight is 1380 g/mol. The van der Waals surface area contributed by atoms with E-state index < -0.39 is 143 Å². The van der Waals surface area contributed by atoms with Gasteiger partial charge >= 0.3 is 0 Å². The Morgan fingerprint density at radius 3 is 1.95 bits per heavy atom. The zero-order valence-electron chi connectivity index (χ0n) is 54.8. The number of aliphatic hydroxyl groups excluding tert-OH is 2. The summed E-state index contributed by atoms with van der Waals surface area (Å²) >= 11 is 0. The van der Waals surface area contributed by atoms with E-state index in [2.05, 4.69) is 10.3 Å². The minimum atomic E-state index is -5.32. The van der Waals surface area contributed by atoms with Crippen LogP contribution in [0.2, 0.25) is 0 Å². The monoisotopic (exact) mass is 1380 g/mol. The smallest absolute Gasteiger partial charge is 0.268 e. The molecule has 0 spiro atoms. The van der Waals surface area contributed by atoms with Crippen molar-refractivity contribution in [2.24, 2.45) is 100 Å². The van der Waals surface area contributed by atoms with E-state index in [9.17, 15) is 53.2 Å². The number of hydrogen-bond acceptors (Lipinski definition) is 20. The van der Waals surface area contributed by atoms with E-state index in [0.717, 1.165) is 11.1 Å². The molecule has 32 heteroatoms. The summed E-state index contributed by atoms with van der Waals surface area (Å²) in [5, 5.41) is 38.0. The Morgan fingerprint density at radius 2 is 1.38 bits per heavy atom. The molecule has 15 atom stereocenters. The van der Waals surface area contributed by atoms with Crippen molar-refractivity contribution in [1.29, 1.82) is 0 Å². The van der Waals surface area contributed by atoms with Crippen LogP contribution in [0.3, 0.4) is 0 Å². The van der Waals surface area contributed by atoms with Crippen molar-refractivity contribution < 1.29 is 89.0 Å². The van der Waals surface area contributed by atoms with Crippen molar-refractivity contribution >= 4 is 77.3 Å². The number of aliphatic imine (C=N–C) groups is 3. The molecule has 6 aliphatic heterocycles. The van der Waals surface area contributed by atoms with Gasteiger partial charge in [0.25, 0.3) is 7.82 Å². The van der Waals surface area contributed by atoms with E-state index in [1.54, 1.807) is 6.92 Å². The Bertz CT molecular complexity index is 3610. The van der Waals surface area contributed by atoms with Gasteiger partial charge in [0, 0.05) is 125 Å².